The van der Waals surface area contributed by atoms with Crippen LogP contribution < -0.4 is 15.0 Å². The number of imidazole rings is 1. The molecule has 0 radical (unpaired) electrons. The molecule has 3 aromatic carbocycles. The van der Waals surface area contributed by atoms with Crippen molar-refractivity contribution in [2.45, 2.75) is 77.5 Å². The molecule has 260 valence electrons. The molecule has 0 fully saturated rings. The number of nitrogens with zero attached hydrogens (tertiary/aromatic N) is 3. The first kappa shape index (κ1) is 36.3. The fourth-order valence-electron chi connectivity index (χ4n) is 5.98. The predicted molar refractivity (Wildman–Crippen MR) is 205 cm³/mol. The van der Waals surface area contributed by atoms with Gasteiger partial charge in [-0.25, -0.2) is 4.98 Å². The first-order chi connectivity index (χ1) is 23.8. The van der Waals surface area contributed by atoms with E-state index in [1.807, 2.05) is 30.6 Å². The van der Waals surface area contributed by atoms with E-state index >= 15 is 0 Å². The zero-order chi connectivity index (χ0) is 34.6. The first-order valence-corrected chi connectivity index (χ1v) is 18.8. The Kier molecular flexibility index (Phi) is 13.4. The molecule has 49 heavy (non-hydrogen) atoms. The number of rotatable bonds is 17. The van der Waals surface area contributed by atoms with Crippen LogP contribution in [0, 0.1) is 12.8 Å². The molecule has 1 amide bonds. The highest BCUT2D eigenvalue weighted by Gasteiger charge is 2.21. The summed E-state index contributed by atoms with van der Waals surface area (Å²) in [4.78, 5) is 21.8. The van der Waals surface area contributed by atoms with Crippen molar-refractivity contribution in [1.29, 1.82) is 0 Å². The van der Waals surface area contributed by atoms with Gasteiger partial charge in [-0.05, 0) is 103 Å². The van der Waals surface area contributed by atoms with Gasteiger partial charge in [0.05, 0.1) is 18.6 Å². The van der Waals surface area contributed by atoms with Gasteiger partial charge in [-0.1, -0.05) is 52.3 Å². The van der Waals surface area contributed by atoms with Crippen molar-refractivity contribution in [3.63, 3.8) is 0 Å². The maximum Gasteiger partial charge on any atom is 0.251 e. The second-order valence-corrected chi connectivity index (χ2v) is 14.2. The minimum Gasteiger partial charge on any atom is -0.491 e. The highest BCUT2D eigenvalue weighted by Crippen LogP contribution is 2.34. The Hall–Kier alpha value is -4.01. The van der Waals surface area contributed by atoms with Crippen molar-refractivity contribution in [2.24, 2.45) is 5.92 Å². The van der Waals surface area contributed by atoms with E-state index in [1.54, 1.807) is 11.8 Å². The number of benzene rings is 3. The lowest BCUT2D eigenvalue weighted by Gasteiger charge is -2.27. The molecule has 5 rings (SSSR count). The highest BCUT2D eigenvalue weighted by atomic mass is 32.2. The number of unbranched alkanes of at least 4 members (excludes halogenated alkanes) is 1. The smallest absolute Gasteiger partial charge is 0.251 e. The average molecular weight is 681 g/mol. The maximum atomic E-state index is 13.7. The molecule has 0 bridgehead atoms. The molecule has 0 saturated heterocycles. The number of aromatic nitrogens is 2. The van der Waals surface area contributed by atoms with Crippen LogP contribution in [0.25, 0.3) is 17.2 Å². The van der Waals surface area contributed by atoms with Gasteiger partial charge in [-0.3, -0.25) is 4.79 Å². The molecule has 4 aromatic rings. The lowest BCUT2D eigenvalue weighted by atomic mass is 10.00. The van der Waals surface area contributed by atoms with E-state index in [1.165, 1.54) is 11.4 Å². The number of hydrogen-bond donors (Lipinski definition) is 1. The molecule has 0 spiro atoms. The lowest BCUT2D eigenvalue weighted by molar-refractivity contribution is -0.112. The quantitative estimate of drug-likeness (QED) is 0.0885. The second-order valence-electron chi connectivity index (χ2n) is 13.1. The summed E-state index contributed by atoms with van der Waals surface area (Å²) in [6.07, 6.45) is 8.00. The normalized spacial score (nSPS) is 12.9. The van der Waals surface area contributed by atoms with Crippen molar-refractivity contribution in [2.75, 3.05) is 43.1 Å². The number of fused-ring (bicyclic) bond motifs is 1. The molecule has 0 aliphatic carbocycles. The Bertz CT molecular complexity index is 1680. The summed E-state index contributed by atoms with van der Waals surface area (Å²) in [5.41, 5.74) is 8.38. The number of thioether (sulfide) groups is 1. The SMILES string of the molecule is CCCCOCCOc1ccc(-c2ccc3c(c2)C=C(C(=O)Nc2ccc(SCc4ncn(CCC)c4C)cc2)CCN3CC(C)C)cc1. The van der Waals surface area contributed by atoms with Gasteiger partial charge in [-0.2, -0.15) is 0 Å². The van der Waals surface area contributed by atoms with Crippen molar-refractivity contribution < 1.29 is 14.3 Å². The molecule has 1 aliphatic heterocycles. The molecule has 2 heterocycles. The van der Waals surface area contributed by atoms with Crippen LogP contribution in [0.5, 0.6) is 5.75 Å². The monoisotopic (exact) mass is 680 g/mol. The number of aryl methyl sites for hydroxylation is 1. The van der Waals surface area contributed by atoms with E-state index in [2.05, 4.69) is 103 Å². The van der Waals surface area contributed by atoms with Crippen molar-refractivity contribution >= 4 is 35.1 Å². The summed E-state index contributed by atoms with van der Waals surface area (Å²) < 4.78 is 13.7. The molecule has 1 aliphatic rings. The summed E-state index contributed by atoms with van der Waals surface area (Å²) in [5, 5.41) is 3.16. The van der Waals surface area contributed by atoms with Gasteiger partial charge < -0.3 is 24.3 Å². The van der Waals surface area contributed by atoms with Crippen LogP contribution in [0.3, 0.4) is 0 Å². The molecule has 7 nitrogen and oxygen atoms in total. The molecule has 0 saturated carbocycles. The number of ether oxygens (including phenoxy) is 2. The number of carbonyl (C=O) groups is 1. The molecule has 1 N–H and O–H groups in total. The Labute approximate surface area is 297 Å². The van der Waals surface area contributed by atoms with Gasteiger partial charge in [0.2, 0.25) is 0 Å². The van der Waals surface area contributed by atoms with Gasteiger partial charge in [0, 0.05) is 59.5 Å². The van der Waals surface area contributed by atoms with E-state index < -0.39 is 0 Å². The van der Waals surface area contributed by atoms with Crippen molar-refractivity contribution in [1.82, 2.24) is 9.55 Å². The van der Waals surface area contributed by atoms with Crippen LogP contribution in [0.15, 0.2) is 83.5 Å². The topological polar surface area (TPSA) is 68.6 Å². The fourth-order valence-corrected chi connectivity index (χ4v) is 6.90. The van der Waals surface area contributed by atoms with Crippen LogP contribution in [0.2, 0.25) is 0 Å². The van der Waals surface area contributed by atoms with Gasteiger partial charge >= 0.3 is 0 Å². The Morgan fingerprint density at radius 1 is 0.959 bits per heavy atom. The number of nitrogens with one attached hydrogen (secondary N) is 1. The Morgan fingerprint density at radius 2 is 1.73 bits per heavy atom. The van der Waals surface area contributed by atoms with Crippen LogP contribution in [0.4, 0.5) is 11.4 Å². The Balaban J connectivity index is 1.25. The number of amides is 1. The van der Waals surface area contributed by atoms with Crippen LogP contribution in [-0.4, -0.2) is 48.4 Å². The highest BCUT2D eigenvalue weighted by molar-refractivity contribution is 7.98. The average Bonchev–Trinajstić information content (AvgIpc) is 3.34. The van der Waals surface area contributed by atoms with Crippen molar-refractivity contribution in [3.05, 3.63) is 95.6 Å². The summed E-state index contributed by atoms with van der Waals surface area (Å²) >= 11 is 1.76. The van der Waals surface area contributed by atoms with Crippen LogP contribution in [-0.2, 0) is 21.8 Å². The summed E-state index contributed by atoms with van der Waals surface area (Å²) in [7, 11) is 0. The van der Waals surface area contributed by atoms with Crippen LogP contribution in [0.1, 0.15) is 70.3 Å². The maximum absolute atomic E-state index is 13.7. The van der Waals surface area contributed by atoms with E-state index in [0.717, 1.165) is 95.5 Å². The standard InChI is InChI=1S/C41H52N4O3S/c1-6-8-22-47-23-24-48-37-14-9-32(10-15-37)33-11-18-40-35(25-33)26-34(19-21-44(40)27-30(3)4)41(46)43-36-12-16-38(17-13-36)49-28-39-31(5)45(20-7-2)29-42-39/h9-18,25-26,29-30H,6-8,19-24,27-28H2,1-5H3,(H,43,46). The fraction of sp³-hybridized carbons (Fsp3) is 0.415. The predicted octanol–water partition coefficient (Wildman–Crippen LogP) is 9.64. The molecule has 0 unspecified atom stereocenters. The van der Waals surface area contributed by atoms with E-state index in [0.29, 0.717) is 25.6 Å². The van der Waals surface area contributed by atoms with Crippen molar-refractivity contribution in [3.8, 4) is 16.9 Å². The number of carbonyl (C=O) groups excluding carboxylic acids is 1. The lowest BCUT2D eigenvalue weighted by Crippen LogP contribution is -2.29. The largest absolute Gasteiger partial charge is 0.491 e. The van der Waals surface area contributed by atoms with Gasteiger partial charge in [0.25, 0.3) is 5.91 Å². The first-order valence-electron chi connectivity index (χ1n) is 17.8. The molecule has 0 atom stereocenters. The Morgan fingerprint density at radius 3 is 2.47 bits per heavy atom. The van der Waals surface area contributed by atoms with E-state index in [4.69, 9.17) is 9.47 Å². The third-order valence-electron chi connectivity index (χ3n) is 8.71. The third kappa shape index (κ3) is 10.2. The molecule has 8 heteroatoms. The van der Waals surface area contributed by atoms with E-state index in [9.17, 15) is 4.79 Å². The zero-order valence-electron chi connectivity index (χ0n) is 29.8. The summed E-state index contributed by atoms with van der Waals surface area (Å²) in [6.45, 7) is 15.6. The third-order valence-corrected chi connectivity index (χ3v) is 9.73. The van der Waals surface area contributed by atoms with Gasteiger partial charge in [-0.15, -0.1) is 11.8 Å². The summed E-state index contributed by atoms with van der Waals surface area (Å²) in [5.74, 6) is 2.10. The summed E-state index contributed by atoms with van der Waals surface area (Å²) in [6, 6.07) is 22.9. The van der Waals surface area contributed by atoms with Gasteiger partial charge in [0.15, 0.2) is 0 Å². The second kappa shape index (κ2) is 18.1. The van der Waals surface area contributed by atoms with Crippen LogP contribution >= 0.6 is 11.8 Å². The minimum absolute atomic E-state index is 0.0552. The molecule has 1 aromatic heterocycles. The molecular formula is C41H52N4O3S. The zero-order valence-corrected chi connectivity index (χ0v) is 30.7. The minimum atomic E-state index is -0.0552. The molecular weight excluding hydrogens is 629 g/mol. The number of anilines is 2. The van der Waals surface area contributed by atoms with Gasteiger partial charge in [0.1, 0.15) is 12.4 Å². The number of hydrogen-bond acceptors (Lipinski definition) is 6. The van der Waals surface area contributed by atoms with E-state index in [-0.39, 0.29) is 5.91 Å².